The summed E-state index contributed by atoms with van der Waals surface area (Å²) in [6.07, 6.45) is 4.67. The summed E-state index contributed by atoms with van der Waals surface area (Å²) in [7, 11) is 0. The Morgan fingerprint density at radius 3 is 3.00 bits per heavy atom. The number of aromatic nitrogens is 1. The number of fused-ring (bicyclic) bond motifs is 1. The summed E-state index contributed by atoms with van der Waals surface area (Å²) >= 11 is 0. The monoisotopic (exact) mass is 253 g/mol. The number of nitrogens with zero attached hydrogens (tertiary/aromatic N) is 2. The van der Waals surface area contributed by atoms with E-state index in [0.29, 0.717) is 18.7 Å². The van der Waals surface area contributed by atoms with E-state index in [1.54, 1.807) is 17.3 Å². The van der Waals surface area contributed by atoms with Gasteiger partial charge in [-0.1, -0.05) is 18.2 Å². The molecule has 0 bridgehead atoms. The molecule has 1 amide bonds. The van der Waals surface area contributed by atoms with Crippen molar-refractivity contribution in [3.8, 4) is 0 Å². The number of carbonyl (C=O) groups excluding carboxylic acids is 1. The van der Waals surface area contributed by atoms with Gasteiger partial charge in [0.15, 0.2) is 0 Å². The molecule has 0 aliphatic carbocycles. The molecule has 4 nitrogen and oxygen atoms in total. The third-order valence-corrected chi connectivity index (χ3v) is 3.40. The Kier molecular flexibility index (Phi) is 2.91. The van der Waals surface area contributed by atoms with Gasteiger partial charge in [-0.05, 0) is 29.7 Å². The van der Waals surface area contributed by atoms with Gasteiger partial charge in [-0.25, -0.2) is 0 Å². The quantitative estimate of drug-likeness (QED) is 0.830. The number of rotatable bonds is 2. The molecule has 96 valence electrons. The van der Waals surface area contributed by atoms with Crippen LogP contribution in [0.1, 0.15) is 11.1 Å². The van der Waals surface area contributed by atoms with Crippen molar-refractivity contribution in [2.45, 2.75) is 12.8 Å². The van der Waals surface area contributed by atoms with Crippen LogP contribution < -0.4 is 10.6 Å². The van der Waals surface area contributed by atoms with Gasteiger partial charge in [-0.2, -0.15) is 0 Å². The summed E-state index contributed by atoms with van der Waals surface area (Å²) < 4.78 is 0. The summed E-state index contributed by atoms with van der Waals surface area (Å²) in [6, 6.07) is 9.56. The molecular weight excluding hydrogens is 238 g/mol. The predicted octanol–water partition coefficient (Wildman–Crippen LogP) is 1.80. The summed E-state index contributed by atoms with van der Waals surface area (Å²) in [5, 5.41) is 0. The second kappa shape index (κ2) is 4.72. The van der Waals surface area contributed by atoms with Gasteiger partial charge in [-0.3, -0.25) is 9.78 Å². The van der Waals surface area contributed by atoms with E-state index in [1.807, 2.05) is 30.3 Å². The second-order valence-electron chi connectivity index (χ2n) is 4.69. The van der Waals surface area contributed by atoms with Crippen LogP contribution in [-0.2, 0) is 17.6 Å². The highest BCUT2D eigenvalue weighted by Crippen LogP contribution is 2.33. The molecule has 0 atom stereocenters. The number of para-hydroxylation sites is 1. The lowest BCUT2D eigenvalue weighted by Gasteiger charge is -2.18. The Morgan fingerprint density at radius 1 is 1.32 bits per heavy atom. The molecule has 19 heavy (non-hydrogen) atoms. The van der Waals surface area contributed by atoms with Crippen LogP contribution in [0, 0.1) is 0 Å². The van der Waals surface area contributed by atoms with E-state index < -0.39 is 0 Å². The SMILES string of the molecule is Nc1cccc2c1N(C(=O)Cc1cccnc1)CC2. The molecule has 0 radical (unpaired) electrons. The Bertz CT molecular complexity index is 610. The normalized spacial score (nSPS) is 13.4. The van der Waals surface area contributed by atoms with Gasteiger partial charge < -0.3 is 10.6 Å². The van der Waals surface area contributed by atoms with Crippen molar-refractivity contribution in [2.75, 3.05) is 17.2 Å². The molecule has 1 aromatic carbocycles. The lowest BCUT2D eigenvalue weighted by molar-refractivity contribution is -0.117. The zero-order chi connectivity index (χ0) is 13.2. The van der Waals surface area contributed by atoms with Crippen molar-refractivity contribution in [3.63, 3.8) is 0 Å². The molecule has 1 aliphatic rings. The highest BCUT2D eigenvalue weighted by molar-refractivity contribution is 5.99. The van der Waals surface area contributed by atoms with Gasteiger partial charge in [0.2, 0.25) is 5.91 Å². The van der Waals surface area contributed by atoms with Crippen LogP contribution in [0.5, 0.6) is 0 Å². The second-order valence-corrected chi connectivity index (χ2v) is 4.69. The first kappa shape index (κ1) is 11.7. The Labute approximate surface area is 111 Å². The van der Waals surface area contributed by atoms with Crippen LogP contribution >= 0.6 is 0 Å². The summed E-state index contributed by atoms with van der Waals surface area (Å²) in [6.45, 7) is 0.711. The van der Waals surface area contributed by atoms with Crippen LogP contribution in [0.25, 0.3) is 0 Å². The fourth-order valence-corrected chi connectivity index (χ4v) is 2.51. The number of hydrogen-bond acceptors (Lipinski definition) is 3. The molecule has 4 heteroatoms. The third kappa shape index (κ3) is 2.17. The Morgan fingerprint density at radius 2 is 2.21 bits per heavy atom. The van der Waals surface area contributed by atoms with Crippen LogP contribution in [0.4, 0.5) is 11.4 Å². The minimum absolute atomic E-state index is 0.0738. The maximum absolute atomic E-state index is 12.4. The van der Waals surface area contributed by atoms with Crippen molar-refractivity contribution in [1.82, 2.24) is 4.98 Å². The van der Waals surface area contributed by atoms with Crippen molar-refractivity contribution < 1.29 is 4.79 Å². The number of carbonyl (C=O) groups is 1. The molecule has 0 fully saturated rings. The van der Waals surface area contributed by atoms with E-state index >= 15 is 0 Å². The number of pyridine rings is 1. The molecule has 0 saturated heterocycles. The third-order valence-electron chi connectivity index (χ3n) is 3.40. The Balaban J connectivity index is 1.84. The molecule has 0 unspecified atom stereocenters. The predicted molar refractivity (Wildman–Crippen MR) is 74.9 cm³/mol. The smallest absolute Gasteiger partial charge is 0.231 e. The minimum atomic E-state index is 0.0738. The van der Waals surface area contributed by atoms with Crippen molar-refractivity contribution in [2.24, 2.45) is 0 Å². The lowest BCUT2D eigenvalue weighted by Crippen LogP contribution is -2.30. The molecule has 1 aromatic heterocycles. The molecule has 2 heterocycles. The van der Waals surface area contributed by atoms with E-state index in [0.717, 1.165) is 23.2 Å². The van der Waals surface area contributed by atoms with E-state index in [2.05, 4.69) is 4.98 Å². The summed E-state index contributed by atoms with van der Waals surface area (Å²) in [4.78, 5) is 18.2. The molecule has 1 aliphatic heterocycles. The van der Waals surface area contributed by atoms with Crippen LogP contribution in [0.2, 0.25) is 0 Å². The van der Waals surface area contributed by atoms with Crippen LogP contribution in [-0.4, -0.2) is 17.4 Å². The van der Waals surface area contributed by atoms with Gasteiger partial charge in [0.05, 0.1) is 17.8 Å². The molecule has 0 saturated carbocycles. The number of nitrogens with two attached hydrogens (primary N) is 1. The average molecular weight is 253 g/mol. The van der Waals surface area contributed by atoms with Crippen molar-refractivity contribution >= 4 is 17.3 Å². The van der Waals surface area contributed by atoms with Gasteiger partial charge in [0.1, 0.15) is 0 Å². The zero-order valence-corrected chi connectivity index (χ0v) is 10.5. The number of hydrogen-bond donors (Lipinski definition) is 1. The standard InChI is InChI=1S/C15H15N3O/c16-13-5-1-4-12-6-8-18(15(12)13)14(19)9-11-3-2-7-17-10-11/h1-5,7,10H,6,8-9,16H2. The molecule has 2 N–H and O–H groups in total. The van der Waals surface area contributed by atoms with Gasteiger partial charge in [0.25, 0.3) is 0 Å². The van der Waals surface area contributed by atoms with E-state index in [-0.39, 0.29) is 5.91 Å². The summed E-state index contributed by atoms with van der Waals surface area (Å²) in [5.74, 6) is 0.0738. The minimum Gasteiger partial charge on any atom is -0.397 e. The maximum atomic E-state index is 12.4. The first-order chi connectivity index (χ1) is 9.25. The van der Waals surface area contributed by atoms with Gasteiger partial charge in [0, 0.05) is 18.9 Å². The molecule has 0 spiro atoms. The number of benzene rings is 1. The zero-order valence-electron chi connectivity index (χ0n) is 10.5. The van der Waals surface area contributed by atoms with Gasteiger partial charge in [-0.15, -0.1) is 0 Å². The fourth-order valence-electron chi connectivity index (χ4n) is 2.51. The fraction of sp³-hybridized carbons (Fsp3) is 0.200. The van der Waals surface area contributed by atoms with Crippen LogP contribution in [0.15, 0.2) is 42.7 Å². The first-order valence-corrected chi connectivity index (χ1v) is 6.32. The molecular formula is C15H15N3O. The number of nitrogen functional groups attached to an aromatic ring is 1. The number of anilines is 2. The van der Waals surface area contributed by atoms with E-state index in [9.17, 15) is 4.79 Å². The Hall–Kier alpha value is -2.36. The average Bonchev–Trinajstić information content (AvgIpc) is 2.85. The van der Waals surface area contributed by atoms with Gasteiger partial charge >= 0.3 is 0 Å². The van der Waals surface area contributed by atoms with Crippen molar-refractivity contribution in [3.05, 3.63) is 53.9 Å². The highest BCUT2D eigenvalue weighted by atomic mass is 16.2. The highest BCUT2D eigenvalue weighted by Gasteiger charge is 2.26. The van der Waals surface area contributed by atoms with Crippen molar-refractivity contribution in [1.29, 1.82) is 0 Å². The first-order valence-electron chi connectivity index (χ1n) is 6.32. The molecule has 2 aromatic rings. The van der Waals surface area contributed by atoms with E-state index in [4.69, 9.17) is 5.73 Å². The summed E-state index contributed by atoms with van der Waals surface area (Å²) in [5.41, 5.74) is 9.63. The largest absolute Gasteiger partial charge is 0.397 e. The molecule has 3 rings (SSSR count). The van der Waals surface area contributed by atoms with E-state index in [1.165, 1.54) is 0 Å². The lowest BCUT2D eigenvalue weighted by atomic mass is 10.1. The maximum Gasteiger partial charge on any atom is 0.231 e. The number of amides is 1. The topological polar surface area (TPSA) is 59.2 Å². The van der Waals surface area contributed by atoms with Crippen LogP contribution in [0.3, 0.4) is 0 Å².